The molecule has 0 heterocycles. The zero-order valence-electron chi connectivity index (χ0n) is 14.7. The molecule has 0 bridgehead atoms. The summed E-state index contributed by atoms with van der Waals surface area (Å²) in [6.07, 6.45) is 0.622. The smallest absolute Gasteiger partial charge is 0.233 e. The van der Waals surface area contributed by atoms with Crippen LogP contribution in [-0.4, -0.2) is 11.8 Å². The molecular formula is C20H24N2O2. The molecule has 24 heavy (non-hydrogen) atoms. The topological polar surface area (TPSA) is 58.2 Å². The van der Waals surface area contributed by atoms with E-state index >= 15 is 0 Å². The minimum atomic E-state index is -0.316. The molecule has 2 amide bonds. The van der Waals surface area contributed by atoms with Crippen molar-refractivity contribution in [3.05, 3.63) is 58.7 Å². The van der Waals surface area contributed by atoms with Crippen molar-refractivity contribution in [1.82, 2.24) is 0 Å². The molecule has 0 fully saturated rings. The average molecular weight is 324 g/mol. The molecular weight excluding hydrogens is 300 g/mol. The monoisotopic (exact) mass is 324 g/mol. The van der Waals surface area contributed by atoms with E-state index in [0.717, 1.165) is 40.0 Å². The third-order valence-corrected chi connectivity index (χ3v) is 3.83. The highest BCUT2D eigenvalue weighted by molar-refractivity contribution is 6.08. The number of amides is 2. The highest BCUT2D eigenvalue weighted by Gasteiger charge is 2.13. The Morgan fingerprint density at radius 2 is 1.54 bits per heavy atom. The van der Waals surface area contributed by atoms with Gasteiger partial charge in [0.05, 0.1) is 0 Å². The minimum absolute atomic E-state index is 0.204. The van der Waals surface area contributed by atoms with Gasteiger partial charge in [-0.2, -0.15) is 0 Å². The molecule has 4 heteroatoms. The summed E-state index contributed by atoms with van der Waals surface area (Å²) in [6, 6.07) is 11.7. The number of aryl methyl sites for hydroxylation is 4. The third kappa shape index (κ3) is 4.69. The molecule has 4 nitrogen and oxygen atoms in total. The molecule has 0 aliphatic heterocycles. The van der Waals surface area contributed by atoms with Gasteiger partial charge in [0.15, 0.2) is 0 Å². The van der Waals surface area contributed by atoms with E-state index in [4.69, 9.17) is 0 Å². The quantitative estimate of drug-likeness (QED) is 0.812. The average Bonchev–Trinajstić information content (AvgIpc) is 2.47. The van der Waals surface area contributed by atoms with Gasteiger partial charge in [0.1, 0.15) is 6.42 Å². The first-order valence-electron chi connectivity index (χ1n) is 8.15. The van der Waals surface area contributed by atoms with Crippen molar-refractivity contribution in [1.29, 1.82) is 0 Å². The molecule has 0 spiro atoms. The van der Waals surface area contributed by atoms with Crippen molar-refractivity contribution < 1.29 is 9.59 Å². The Morgan fingerprint density at radius 1 is 0.917 bits per heavy atom. The molecule has 0 atom stereocenters. The predicted molar refractivity (Wildman–Crippen MR) is 98.3 cm³/mol. The third-order valence-electron chi connectivity index (χ3n) is 3.83. The molecule has 2 aromatic carbocycles. The van der Waals surface area contributed by atoms with Crippen LogP contribution in [0.1, 0.15) is 35.6 Å². The van der Waals surface area contributed by atoms with E-state index in [-0.39, 0.29) is 18.2 Å². The zero-order chi connectivity index (χ0) is 17.7. The van der Waals surface area contributed by atoms with E-state index in [1.165, 1.54) is 0 Å². The molecule has 126 valence electrons. The fraction of sp³-hybridized carbons (Fsp3) is 0.300. The molecule has 0 radical (unpaired) electrons. The first kappa shape index (κ1) is 17.7. The van der Waals surface area contributed by atoms with Gasteiger partial charge >= 0.3 is 0 Å². The maximum atomic E-state index is 12.2. The second-order valence-electron chi connectivity index (χ2n) is 6.11. The molecule has 2 N–H and O–H groups in total. The molecule has 2 rings (SSSR count). The van der Waals surface area contributed by atoms with E-state index in [9.17, 15) is 9.59 Å². The van der Waals surface area contributed by atoms with Crippen LogP contribution < -0.4 is 10.6 Å². The molecule has 0 saturated carbocycles. The van der Waals surface area contributed by atoms with Crippen molar-refractivity contribution in [2.24, 2.45) is 0 Å². The summed E-state index contributed by atoms with van der Waals surface area (Å²) in [4.78, 5) is 24.3. The number of benzene rings is 2. The number of hydrogen-bond acceptors (Lipinski definition) is 2. The predicted octanol–water partition coefficient (Wildman–Crippen LogP) is 4.14. The van der Waals surface area contributed by atoms with Crippen LogP contribution in [0.3, 0.4) is 0 Å². The van der Waals surface area contributed by atoms with Crippen LogP contribution in [0.15, 0.2) is 36.4 Å². The van der Waals surface area contributed by atoms with Gasteiger partial charge in [0.2, 0.25) is 11.8 Å². The number of rotatable bonds is 5. The maximum Gasteiger partial charge on any atom is 0.233 e. The van der Waals surface area contributed by atoms with Gasteiger partial charge in [-0.25, -0.2) is 0 Å². The summed E-state index contributed by atoms with van der Waals surface area (Å²) in [7, 11) is 0. The van der Waals surface area contributed by atoms with Crippen LogP contribution in [0.5, 0.6) is 0 Å². The Balaban J connectivity index is 2.01. The normalized spacial score (nSPS) is 10.3. The van der Waals surface area contributed by atoms with E-state index in [2.05, 4.69) is 10.6 Å². The van der Waals surface area contributed by atoms with Crippen LogP contribution in [0.25, 0.3) is 0 Å². The summed E-state index contributed by atoms with van der Waals surface area (Å²) in [5.74, 6) is -0.620. The lowest BCUT2D eigenvalue weighted by Crippen LogP contribution is -2.22. The summed E-state index contributed by atoms with van der Waals surface area (Å²) in [6.45, 7) is 7.93. The van der Waals surface area contributed by atoms with E-state index in [1.807, 2.05) is 64.1 Å². The fourth-order valence-corrected chi connectivity index (χ4v) is 2.78. The molecule has 0 saturated heterocycles. The second kappa shape index (κ2) is 7.77. The Hall–Kier alpha value is -2.62. The lowest BCUT2D eigenvalue weighted by molar-refractivity contribution is -0.123. The molecule has 0 unspecified atom stereocenters. The Labute approximate surface area is 143 Å². The SMILES string of the molecule is CCc1cccc(C)c1NC(=O)CC(=O)Nc1cc(C)cc(C)c1. The number of carbonyl (C=O) groups excluding carboxylic acids is 2. The number of anilines is 2. The summed E-state index contributed by atoms with van der Waals surface area (Å²) in [5, 5.41) is 5.65. The first-order chi connectivity index (χ1) is 11.4. The van der Waals surface area contributed by atoms with Crippen LogP contribution >= 0.6 is 0 Å². The number of para-hydroxylation sites is 1. The largest absolute Gasteiger partial charge is 0.326 e. The van der Waals surface area contributed by atoms with E-state index in [1.54, 1.807) is 0 Å². The lowest BCUT2D eigenvalue weighted by atomic mass is 10.1. The second-order valence-corrected chi connectivity index (χ2v) is 6.11. The number of hydrogen-bond donors (Lipinski definition) is 2. The lowest BCUT2D eigenvalue weighted by Gasteiger charge is -2.13. The molecule has 0 aliphatic rings. The van der Waals surface area contributed by atoms with Gasteiger partial charge in [-0.15, -0.1) is 0 Å². The van der Waals surface area contributed by atoms with Gasteiger partial charge < -0.3 is 10.6 Å². The van der Waals surface area contributed by atoms with Gasteiger partial charge in [-0.3, -0.25) is 9.59 Å². The Kier molecular flexibility index (Phi) is 5.74. The van der Waals surface area contributed by atoms with Gasteiger partial charge in [0, 0.05) is 11.4 Å². The van der Waals surface area contributed by atoms with Crippen LogP contribution in [0, 0.1) is 20.8 Å². The summed E-state index contributed by atoms with van der Waals surface area (Å²) >= 11 is 0. The zero-order valence-corrected chi connectivity index (χ0v) is 14.7. The highest BCUT2D eigenvalue weighted by Crippen LogP contribution is 2.21. The van der Waals surface area contributed by atoms with Crippen molar-refractivity contribution in [3.63, 3.8) is 0 Å². The van der Waals surface area contributed by atoms with Gasteiger partial charge in [0.25, 0.3) is 0 Å². The van der Waals surface area contributed by atoms with Crippen molar-refractivity contribution >= 4 is 23.2 Å². The van der Waals surface area contributed by atoms with Crippen LogP contribution in [0.4, 0.5) is 11.4 Å². The van der Waals surface area contributed by atoms with Crippen molar-refractivity contribution in [2.45, 2.75) is 40.5 Å². The van der Waals surface area contributed by atoms with E-state index in [0.29, 0.717) is 0 Å². The van der Waals surface area contributed by atoms with Crippen molar-refractivity contribution in [3.8, 4) is 0 Å². The summed E-state index contributed by atoms with van der Waals surface area (Å²) < 4.78 is 0. The molecule has 0 aliphatic carbocycles. The maximum absolute atomic E-state index is 12.2. The summed E-state index contributed by atoms with van der Waals surface area (Å²) in [5.41, 5.74) is 5.74. The van der Waals surface area contributed by atoms with Crippen molar-refractivity contribution in [2.75, 3.05) is 10.6 Å². The Bertz CT molecular complexity index is 746. The fourth-order valence-electron chi connectivity index (χ4n) is 2.78. The highest BCUT2D eigenvalue weighted by atomic mass is 16.2. The number of nitrogens with one attached hydrogen (secondary N) is 2. The number of carbonyl (C=O) groups is 2. The first-order valence-corrected chi connectivity index (χ1v) is 8.15. The van der Waals surface area contributed by atoms with Gasteiger partial charge in [-0.05, 0) is 61.6 Å². The molecule has 0 aromatic heterocycles. The minimum Gasteiger partial charge on any atom is -0.326 e. The van der Waals surface area contributed by atoms with Crippen LogP contribution in [-0.2, 0) is 16.0 Å². The van der Waals surface area contributed by atoms with Gasteiger partial charge in [-0.1, -0.05) is 31.2 Å². The Morgan fingerprint density at radius 3 is 2.17 bits per heavy atom. The standard InChI is InChI=1S/C20H24N2O2/c1-5-16-8-6-7-15(4)20(16)22-19(24)12-18(23)21-17-10-13(2)9-14(3)11-17/h6-11H,5,12H2,1-4H3,(H,21,23)(H,22,24). The van der Waals surface area contributed by atoms with E-state index < -0.39 is 0 Å². The van der Waals surface area contributed by atoms with Crippen LogP contribution in [0.2, 0.25) is 0 Å². The molecule has 2 aromatic rings.